The molecular weight excluding hydrogens is 523 g/mol. The van der Waals surface area contributed by atoms with Crippen molar-refractivity contribution in [3.8, 4) is 28.7 Å². The summed E-state index contributed by atoms with van der Waals surface area (Å²) < 4.78 is 17.0. The number of rotatable bonds is 11. The second kappa shape index (κ2) is 12.4. The van der Waals surface area contributed by atoms with Gasteiger partial charge in [-0.05, 0) is 50.2 Å². The van der Waals surface area contributed by atoms with Gasteiger partial charge in [0, 0.05) is 28.8 Å². The van der Waals surface area contributed by atoms with Crippen LogP contribution >= 0.6 is 23.2 Å². The quantitative estimate of drug-likeness (QED) is 0.201. The average molecular weight is 553 g/mol. The van der Waals surface area contributed by atoms with Crippen molar-refractivity contribution >= 4 is 45.5 Å². The number of aromatic nitrogens is 1. The van der Waals surface area contributed by atoms with E-state index in [4.69, 9.17) is 37.1 Å². The van der Waals surface area contributed by atoms with Gasteiger partial charge in [-0.25, -0.2) is 0 Å². The van der Waals surface area contributed by atoms with Crippen LogP contribution in [0.15, 0.2) is 47.2 Å². The summed E-state index contributed by atoms with van der Waals surface area (Å²) >= 11 is 12.7. The minimum Gasteiger partial charge on any atom is -0.496 e. The zero-order valence-electron chi connectivity index (χ0n) is 21.9. The molecule has 0 unspecified atom stereocenters. The van der Waals surface area contributed by atoms with Gasteiger partial charge in [0.15, 0.2) is 0 Å². The van der Waals surface area contributed by atoms with Gasteiger partial charge in [0.2, 0.25) is 0 Å². The number of methoxy groups -OCH3 is 2. The smallest absolute Gasteiger partial charge is 0.139 e. The number of furan rings is 1. The number of nitriles is 1. The maximum absolute atomic E-state index is 9.82. The topological polar surface area (TPSA) is 83.6 Å². The Kier molecular flexibility index (Phi) is 9.01. The number of halogens is 2. The van der Waals surface area contributed by atoms with Crippen LogP contribution in [-0.2, 0) is 6.54 Å². The van der Waals surface area contributed by atoms with Crippen LogP contribution in [0.25, 0.3) is 22.0 Å². The van der Waals surface area contributed by atoms with E-state index in [1.807, 2.05) is 18.2 Å². The van der Waals surface area contributed by atoms with Gasteiger partial charge in [-0.2, -0.15) is 5.26 Å². The van der Waals surface area contributed by atoms with Crippen LogP contribution in [0.3, 0.4) is 0 Å². The molecular formula is C29H30Cl2N4O3. The second-order valence-corrected chi connectivity index (χ2v) is 9.71. The summed E-state index contributed by atoms with van der Waals surface area (Å²) in [5, 5.41) is 14.6. The molecule has 198 valence electrons. The maximum atomic E-state index is 9.82. The molecule has 0 saturated carbocycles. The van der Waals surface area contributed by atoms with Crippen LogP contribution in [0.2, 0.25) is 10.0 Å². The molecule has 2 aromatic heterocycles. The highest BCUT2D eigenvalue weighted by Crippen LogP contribution is 2.41. The van der Waals surface area contributed by atoms with Gasteiger partial charge >= 0.3 is 0 Å². The molecule has 4 rings (SSSR count). The predicted octanol–water partition coefficient (Wildman–Crippen LogP) is 8.06. The molecule has 0 saturated heterocycles. The SMILES string of the molecule is CCCN(CCC)Cc1cc(-c2cc3ncc(C#N)c(Nc4cc(OC)c(Cl)cc4Cl)c3cc2OC)co1. The molecule has 0 radical (unpaired) electrons. The van der Waals surface area contributed by atoms with Gasteiger partial charge in [0.05, 0.1) is 59.5 Å². The number of pyridine rings is 1. The summed E-state index contributed by atoms with van der Waals surface area (Å²) in [6.07, 6.45) is 5.47. The van der Waals surface area contributed by atoms with Crippen molar-refractivity contribution in [2.24, 2.45) is 0 Å². The molecule has 2 aromatic carbocycles. The van der Waals surface area contributed by atoms with E-state index in [0.29, 0.717) is 49.4 Å². The van der Waals surface area contributed by atoms with Gasteiger partial charge in [-0.15, -0.1) is 0 Å². The average Bonchev–Trinajstić information content (AvgIpc) is 3.38. The molecule has 0 atom stereocenters. The lowest BCUT2D eigenvalue weighted by molar-refractivity contribution is 0.244. The van der Waals surface area contributed by atoms with E-state index in [2.05, 4.69) is 35.1 Å². The van der Waals surface area contributed by atoms with Gasteiger partial charge in [-0.1, -0.05) is 37.0 Å². The van der Waals surface area contributed by atoms with Crippen LogP contribution < -0.4 is 14.8 Å². The van der Waals surface area contributed by atoms with E-state index >= 15 is 0 Å². The van der Waals surface area contributed by atoms with Gasteiger partial charge < -0.3 is 19.2 Å². The first-order chi connectivity index (χ1) is 18.4. The van der Waals surface area contributed by atoms with Crippen molar-refractivity contribution in [1.29, 1.82) is 5.26 Å². The lowest BCUT2D eigenvalue weighted by atomic mass is 10.0. The zero-order valence-corrected chi connectivity index (χ0v) is 23.4. The Morgan fingerprint density at radius 2 is 1.74 bits per heavy atom. The monoisotopic (exact) mass is 552 g/mol. The molecule has 7 nitrogen and oxygen atoms in total. The molecule has 1 N–H and O–H groups in total. The Bertz CT molecular complexity index is 1470. The first-order valence-electron chi connectivity index (χ1n) is 12.4. The number of fused-ring (bicyclic) bond motifs is 1. The van der Waals surface area contributed by atoms with Crippen LogP contribution in [-0.4, -0.2) is 37.2 Å². The summed E-state index contributed by atoms with van der Waals surface area (Å²) in [6.45, 7) is 7.16. The highest BCUT2D eigenvalue weighted by atomic mass is 35.5. The summed E-state index contributed by atoms with van der Waals surface area (Å²) in [6, 6.07) is 11.3. The lowest BCUT2D eigenvalue weighted by Gasteiger charge is -2.19. The lowest BCUT2D eigenvalue weighted by Crippen LogP contribution is -2.24. The minimum atomic E-state index is 0.356. The molecule has 0 aliphatic carbocycles. The fourth-order valence-corrected chi connectivity index (χ4v) is 4.98. The first-order valence-corrected chi connectivity index (χ1v) is 13.2. The number of hydrogen-bond donors (Lipinski definition) is 1. The fraction of sp³-hybridized carbons (Fsp3) is 0.310. The van der Waals surface area contributed by atoms with Crippen LogP contribution in [0, 0.1) is 11.3 Å². The molecule has 4 aromatic rings. The summed E-state index contributed by atoms with van der Waals surface area (Å²) in [4.78, 5) is 6.94. The Morgan fingerprint density at radius 3 is 2.39 bits per heavy atom. The van der Waals surface area contributed by atoms with E-state index in [-0.39, 0.29) is 0 Å². The van der Waals surface area contributed by atoms with E-state index in [1.54, 1.807) is 25.5 Å². The normalized spacial score (nSPS) is 11.1. The molecule has 38 heavy (non-hydrogen) atoms. The first kappa shape index (κ1) is 27.6. The van der Waals surface area contributed by atoms with E-state index < -0.39 is 0 Å². The van der Waals surface area contributed by atoms with Crippen molar-refractivity contribution in [3.63, 3.8) is 0 Å². The number of hydrogen-bond acceptors (Lipinski definition) is 7. The molecule has 0 amide bonds. The van der Waals surface area contributed by atoms with E-state index in [9.17, 15) is 5.26 Å². The number of benzene rings is 2. The van der Waals surface area contributed by atoms with Crippen molar-refractivity contribution in [3.05, 3.63) is 64.2 Å². The van der Waals surface area contributed by atoms with Gasteiger partial charge in [0.25, 0.3) is 0 Å². The number of nitrogens with one attached hydrogen (secondary N) is 1. The maximum Gasteiger partial charge on any atom is 0.139 e. The van der Waals surface area contributed by atoms with E-state index in [0.717, 1.165) is 49.4 Å². The Balaban J connectivity index is 1.76. The third kappa shape index (κ3) is 5.83. The third-order valence-corrected chi connectivity index (χ3v) is 6.84. The molecule has 0 aliphatic rings. The van der Waals surface area contributed by atoms with E-state index in [1.165, 1.54) is 13.3 Å². The molecule has 0 aliphatic heterocycles. The third-order valence-electron chi connectivity index (χ3n) is 6.23. The summed E-state index contributed by atoms with van der Waals surface area (Å²) in [7, 11) is 3.14. The van der Waals surface area contributed by atoms with Crippen LogP contribution in [0.1, 0.15) is 38.0 Å². The Labute approximate surface area is 232 Å². The van der Waals surface area contributed by atoms with Crippen molar-refractivity contribution in [2.75, 3.05) is 32.6 Å². The summed E-state index contributed by atoms with van der Waals surface area (Å²) in [5.41, 5.74) is 3.88. The highest BCUT2D eigenvalue weighted by Gasteiger charge is 2.18. The van der Waals surface area contributed by atoms with Crippen molar-refractivity contribution in [2.45, 2.75) is 33.2 Å². The van der Waals surface area contributed by atoms with Gasteiger partial charge in [0.1, 0.15) is 23.3 Å². The molecule has 0 spiro atoms. The predicted molar refractivity (Wildman–Crippen MR) is 153 cm³/mol. The molecule has 0 bridgehead atoms. The molecule has 2 heterocycles. The highest BCUT2D eigenvalue weighted by molar-refractivity contribution is 6.37. The standard InChI is InChI=1S/C29H30Cl2N4O3/c1-5-7-35(8-6-2)16-20-9-18(17-38-20)21-10-25-22(11-27(21)36-3)29(19(14-32)15-33-25)34-26-13-28(37-4)24(31)12-23(26)30/h9-13,15,17H,5-8,16H2,1-4H3,(H,33,34). The van der Waals surface area contributed by atoms with Crippen molar-refractivity contribution < 1.29 is 13.9 Å². The number of nitrogens with zero attached hydrogens (tertiary/aromatic N) is 3. The number of anilines is 2. The molecule has 0 fully saturated rings. The summed E-state index contributed by atoms with van der Waals surface area (Å²) in [5.74, 6) is 1.98. The second-order valence-electron chi connectivity index (χ2n) is 8.90. The minimum absolute atomic E-state index is 0.356. The van der Waals surface area contributed by atoms with Crippen LogP contribution in [0.5, 0.6) is 11.5 Å². The molecule has 9 heteroatoms. The largest absolute Gasteiger partial charge is 0.496 e. The van der Waals surface area contributed by atoms with Crippen LogP contribution in [0.4, 0.5) is 11.4 Å². The van der Waals surface area contributed by atoms with Gasteiger partial charge in [-0.3, -0.25) is 9.88 Å². The number of ether oxygens (including phenoxy) is 2. The zero-order chi connectivity index (χ0) is 27.2. The fourth-order valence-electron chi connectivity index (χ4n) is 4.48. The Hall–Kier alpha value is -3.44. The Morgan fingerprint density at radius 1 is 1.00 bits per heavy atom. The van der Waals surface area contributed by atoms with Crippen molar-refractivity contribution in [1.82, 2.24) is 9.88 Å².